The van der Waals surface area contributed by atoms with Gasteiger partial charge in [0, 0.05) is 32.5 Å². The molecule has 1 saturated heterocycles. The normalized spacial score (nSPS) is 16.1. The lowest BCUT2D eigenvalue weighted by atomic mass is 10.0. The van der Waals surface area contributed by atoms with E-state index >= 15 is 0 Å². The van der Waals surface area contributed by atoms with E-state index in [0.29, 0.717) is 13.0 Å². The van der Waals surface area contributed by atoms with Crippen molar-refractivity contribution in [1.82, 2.24) is 10.2 Å². The Balaban J connectivity index is 1.52. The van der Waals surface area contributed by atoms with Crippen LogP contribution < -0.4 is 10.2 Å². The average Bonchev–Trinajstić information content (AvgIpc) is 3.54. The number of rotatable bonds is 9. The van der Waals surface area contributed by atoms with Gasteiger partial charge in [-0.1, -0.05) is 60.7 Å². The van der Waals surface area contributed by atoms with Gasteiger partial charge in [0.05, 0.1) is 6.26 Å². The maximum Gasteiger partial charge on any atom is 0.298 e. The van der Waals surface area contributed by atoms with Gasteiger partial charge in [0.15, 0.2) is 0 Å². The molecule has 1 aromatic heterocycles. The minimum absolute atomic E-state index is 0.117. The van der Waals surface area contributed by atoms with E-state index < -0.39 is 29.7 Å². The Morgan fingerprint density at radius 2 is 1.66 bits per heavy atom. The fourth-order valence-corrected chi connectivity index (χ4v) is 4.19. The first kappa shape index (κ1) is 23.9. The Morgan fingerprint density at radius 1 is 1.00 bits per heavy atom. The van der Waals surface area contributed by atoms with Gasteiger partial charge < -0.3 is 14.6 Å². The zero-order chi connectivity index (χ0) is 24.8. The first-order chi connectivity index (χ1) is 16.9. The van der Waals surface area contributed by atoms with E-state index in [1.807, 2.05) is 60.7 Å². The Kier molecular flexibility index (Phi) is 7.40. The number of Topliss-reactive ketones (excluding diaryl/α,β-unsaturated/α-hetero) is 1. The molecule has 1 aliphatic heterocycles. The van der Waals surface area contributed by atoms with Gasteiger partial charge in [-0.15, -0.1) is 0 Å². The average molecular weight is 474 g/mol. The minimum Gasteiger partial charge on any atom is -0.448 e. The number of amides is 3. The van der Waals surface area contributed by atoms with E-state index in [1.165, 1.54) is 18.2 Å². The summed E-state index contributed by atoms with van der Waals surface area (Å²) >= 11 is 0. The van der Waals surface area contributed by atoms with Crippen molar-refractivity contribution in [3.8, 4) is 0 Å². The molecule has 8 nitrogen and oxygen atoms in total. The third kappa shape index (κ3) is 5.66. The van der Waals surface area contributed by atoms with Gasteiger partial charge in [0.2, 0.25) is 23.5 Å². The SMILES string of the molecule is CN(C(=O)C(=O)C(Cc1ccccc1)NC(=O)[C@H]1CCC(=O)N1Cc1ccccc1)c1ccco1. The van der Waals surface area contributed by atoms with Crippen molar-refractivity contribution in [3.05, 3.63) is 90.2 Å². The molecule has 0 bridgehead atoms. The fourth-order valence-electron chi connectivity index (χ4n) is 4.19. The molecule has 1 aliphatic rings. The number of hydrogen-bond acceptors (Lipinski definition) is 5. The second-order valence-electron chi connectivity index (χ2n) is 8.49. The molecular weight excluding hydrogens is 446 g/mol. The second-order valence-corrected chi connectivity index (χ2v) is 8.49. The van der Waals surface area contributed by atoms with Crippen LogP contribution in [0.5, 0.6) is 0 Å². The van der Waals surface area contributed by atoms with Crippen molar-refractivity contribution in [2.45, 2.75) is 37.9 Å². The number of likely N-dealkylation sites (tertiary alicyclic amines) is 1. The summed E-state index contributed by atoms with van der Waals surface area (Å²) < 4.78 is 5.23. The third-order valence-corrected chi connectivity index (χ3v) is 6.09. The van der Waals surface area contributed by atoms with E-state index in [2.05, 4.69) is 5.32 Å². The van der Waals surface area contributed by atoms with Crippen LogP contribution >= 0.6 is 0 Å². The number of likely N-dealkylation sites (N-methyl/N-ethyl adjacent to an activating group) is 1. The van der Waals surface area contributed by atoms with Gasteiger partial charge in [0.1, 0.15) is 12.1 Å². The van der Waals surface area contributed by atoms with E-state index in [0.717, 1.165) is 16.0 Å². The van der Waals surface area contributed by atoms with Crippen molar-refractivity contribution in [2.24, 2.45) is 0 Å². The number of ketones is 1. The molecule has 0 radical (unpaired) electrons. The first-order valence-corrected chi connectivity index (χ1v) is 11.5. The van der Waals surface area contributed by atoms with Crippen molar-refractivity contribution >= 4 is 29.4 Å². The molecule has 3 amide bonds. The van der Waals surface area contributed by atoms with E-state index in [9.17, 15) is 19.2 Å². The van der Waals surface area contributed by atoms with Crippen LogP contribution in [0, 0.1) is 0 Å². The van der Waals surface area contributed by atoms with Gasteiger partial charge in [-0.3, -0.25) is 24.1 Å². The molecule has 1 unspecified atom stereocenters. The van der Waals surface area contributed by atoms with Crippen LogP contribution in [-0.2, 0) is 32.1 Å². The molecule has 0 aliphatic carbocycles. The van der Waals surface area contributed by atoms with Gasteiger partial charge in [-0.05, 0) is 23.6 Å². The lowest BCUT2D eigenvalue weighted by molar-refractivity contribution is -0.140. The van der Waals surface area contributed by atoms with Gasteiger partial charge in [-0.2, -0.15) is 0 Å². The molecule has 3 aromatic rings. The number of benzene rings is 2. The van der Waals surface area contributed by atoms with Crippen molar-refractivity contribution in [1.29, 1.82) is 0 Å². The number of furan rings is 1. The number of carbonyl (C=O) groups is 4. The Labute approximate surface area is 203 Å². The number of hydrogen-bond donors (Lipinski definition) is 1. The maximum atomic E-state index is 13.3. The second kappa shape index (κ2) is 10.8. The Bertz CT molecular complexity index is 1180. The molecule has 8 heteroatoms. The van der Waals surface area contributed by atoms with Crippen LogP contribution in [0.15, 0.2) is 83.5 Å². The topological polar surface area (TPSA) is 99.9 Å². The molecule has 35 heavy (non-hydrogen) atoms. The van der Waals surface area contributed by atoms with Crippen LogP contribution in [0.4, 0.5) is 5.88 Å². The van der Waals surface area contributed by atoms with E-state index in [-0.39, 0.29) is 24.6 Å². The van der Waals surface area contributed by atoms with Gasteiger partial charge in [-0.25, -0.2) is 0 Å². The summed E-state index contributed by atoms with van der Waals surface area (Å²) in [6, 6.07) is 20.0. The summed E-state index contributed by atoms with van der Waals surface area (Å²) in [6.07, 6.45) is 2.15. The molecule has 1 N–H and O–H groups in total. The monoisotopic (exact) mass is 473 g/mol. The van der Waals surface area contributed by atoms with E-state index in [4.69, 9.17) is 4.42 Å². The molecular formula is C27H27N3O5. The summed E-state index contributed by atoms with van der Waals surface area (Å²) in [5.41, 5.74) is 1.70. The molecule has 0 spiro atoms. The summed E-state index contributed by atoms with van der Waals surface area (Å²) in [7, 11) is 1.44. The summed E-state index contributed by atoms with van der Waals surface area (Å²) in [5, 5.41) is 2.76. The third-order valence-electron chi connectivity index (χ3n) is 6.09. The largest absolute Gasteiger partial charge is 0.448 e. The predicted molar refractivity (Wildman–Crippen MR) is 129 cm³/mol. The maximum absolute atomic E-state index is 13.3. The highest BCUT2D eigenvalue weighted by Crippen LogP contribution is 2.22. The smallest absolute Gasteiger partial charge is 0.298 e. The lowest BCUT2D eigenvalue weighted by Crippen LogP contribution is -2.53. The molecule has 1 fully saturated rings. The van der Waals surface area contributed by atoms with Crippen LogP contribution in [0.1, 0.15) is 24.0 Å². The highest BCUT2D eigenvalue weighted by Gasteiger charge is 2.38. The van der Waals surface area contributed by atoms with Crippen molar-refractivity contribution in [3.63, 3.8) is 0 Å². The predicted octanol–water partition coefficient (Wildman–Crippen LogP) is 2.73. The lowest BCUT2D eigenvalue weighted by Gasteiger charge is -2.27. The molecule has 2 heterocycles. The highest BCUT2D eigenvalue weighted by atomic mass is 16.3. The standard InChI is InChI=1S/C27H27N3O5/c1-29(24-13-8-16-35-24)27(34)25(32)21(17-19-9-4-2-5-10-19)28-26(33)22-14-15-23(31)30(22)18-20-11-6-3-7-12-20/h2-13,16,21-22H,14-15,17-18H2,1H3,(H,28,33)/t21?,22-/m1/s1. The molecule has 0 saturated carbocycles. The Hall–Kier alpha value is -4.20. The first-order valence-electron chi connectivity index (χ1n) is 11.5. The van der Waals surface area contributed by atoms with Crippen LogP contribution in [-0.4, -0.2) is 47.5 Å². The summed E-state index contributed by atoms with van der Waals surface area (Å²) in [6.45, 7) is 0.301. The van der Waals surface area contributed by atoms with Crippen LogP contribution in [0.2, 0.25) is 0 Å². The molecule has 2 aromatic carbocycles. The van der Waals surface area contributed by atoms with Crippen LogP contribution in [0.3, 0.4) is 0 Å². The summed E-state index contributed by atoms with van der Waals surface area (Å²) in [5.74, 6) is -1.91. The molecule has 2 atom stereocenters. The molecule has 4 rings (SSSR count). The number of carbonyl (C=O) groups excluding carboxylic acids is 4. The number of anilines is 1. The quantitative estimate of drug-likeness (QED) is 0.482. The minimum atomic E-state index is -1.09. The number of nitrogens with zero attached hydrogens (tertiary/aromatic N) is 2. The Morgan fingerprint density at radius 3 is 2.29 bits per heavy atom. The van der Waals surface area contributed by atoms with Gasteiger partial charge in [0.25, 0.3) is 5.91 Å². The zero-order valence-corrected chi connectivity index (χ0v) is 19.4. The van der Waals surface area contributed by atoms with E-state index in [1.54, 1.807) is 12.1 Å². The highest BCUT2D eigenvalue weighted by molar-refractivity contribution is 6.43. The fraction of sp³-hybridized carbons (Fsp3) is 0.259. The number of nitrogens with one attached hydrogen (secondary N) is 1. The molecule has 180 valence electrons. The van der Waals surface area contributed by atoms with Crippen molar-refractivity contribution < 1.29 is 23.6 Å². The summed E-state index contributed by atoms with van der Waals surface area (Å²) in [4.78, 5) is 54.7. The van der Waals surface area contributed by atoms with Gasteiger partial charge >= 0.3 is 0 Å². The van der Waals surface area contributed by atoms with Crippen LogP contribution in [0.25, 0.3) is 0 Å². The zero-order valence-electron chi connectivity index (χ0n) is 19.4. The van der Waals surface area contributed by atoms with Crippen molar-refractivity contribution in [2.75, 3.05) is 11.9 Å².